The summed E-state index contributed by atoms with van der Waals surface area (Å²) in [5.74, 6) is -8.73. The molecule has 0 spiro atoms. The van der Waals surface area contributed by atoms with Gasteiger partial charge in [0.05, 0.1) is 6.54 Å². The molecule has 4 atom stereocenters. The van der Waals surface area contributed by atoms with Crippen LogP contribution in [0.25, 0.3) is 0 Å². The third-order valence-electron chi connectivity index (χ3n) is 6.47. The van der Waals surface area contributed by atoms with Gasteiger partial charge < -0.3 is 25.8 Å². The zero-order chi connectivity index (χ0) is 29.1. The number of pyridine rings is 1. The molecule has 1 saturated heterocycles. The number of anilines is 1. The van der Waals surface area contributed by atoms with Gasteiger partial charge in [0.2, 0.25) is 5.82 Å². The zero-order valence-corrected chi connectivity index (χ0v) is 20.6. The molecule has 2 amide bonds. The number of benzene rings is 1. The van der Waals surface area contributed by atoms with E-state index in [9.17, 15) is 40.3 Å². The molecule has 0 saturated carbocycles. The summed E-state index contributed by atoms with van der Waals surface area (Å²) in [5, 5.41) is 4.66. The standard InChI is InChI=1S/C24H25F7N4O4/c1-11-17(13-3-4-14(25)18(28)19(13)38-8-7-33-10-16(26)27)20(39-23(11,2)24(29,30)31)22(37)35-12-5-6-34-15(9-12)21(32)36/h3-6,9,11,16-17,20,33H,7-8,10H2,1-2H3,(H2,32,36)(H,34,35,37)/t11-,17-,20+,23+/m0/s1. The van der Waals surface area contributed by atoms with E-state index in [0.29, 0.717) is 6.07 Å². The first-order chi connectivity index (χ1) is 18.2. The molecular weight excluding hydrogens is 541 g/mol. The molecule has 4 N–H and O–H groups in total. The van der Waals surface area contributed by atoms with Crippen LogP contribution in [0.5, 0.6) is 5.75 Å². The molecule has 0 bridgehead atoms. The number of amides is 2. The van der Waals surface area contributed by atoms with Gasteiger partial charge in [-0.1, -0.05) is 13.0 Å². The Kier molecular flexibility index (Phi) is 9.05. The molecule has 0 radical (unpaired) electrons. The lowest BCUT2D eigenvalue weighted by Gasteiger charge is -2.32. The first-order valence-corrected chi connectivity index (χ1v) is 11.6. The molecule has 8 nitrogen and oxygen atoms in total. The number of alkyl halides is 5. The lowest BCUT2D eigenvalue weighted by atomic mass is 9.77. The number of hydrogen-bond acceptors (Lipinski definition) is 6. The summed E-state index contributed by atoms with van der Waals surface area (Å²) in [6.07, 6.45) is -8.41. The number of ether oxygens (including phenoxy) is 2. The van der Waals surface area contributed by atoms with Crippen molar-refractivity contribution < 1.29 is 49.8 Å². The number of nitrogens with one attached hydrogen (secondary N) is 2. The van der Waals surface area contributed by atoms with Crippen molar-refractivity contribution in [3.63, 3.8) is 0 Å². The molecule has 1 aromatic heterocycles. The van der Waals surface area contributed by atoms with E-state index in [1.165, 1.54) is 6.07 Å². The van der Waals surface area contributed by atoms with E-state index in [-0.39, 0.29) is 23.5 Å². The van der Waals surface area contributed by atoms with Crippen molar-refractivity contribution in [1.29, 1.82) is 0 Å². The minimum absolute atomic E-state index is 0.0359. The minimum atomic E-state index is -4.98. The first kappa shape index (κ1) is 30.1. The van der Waals surface area contributed by atoms with Crippen LogP contribution in [0.15, 0.2) is 30.5 Å². The summed E-state index contributed by atoms with van der Waals surface area (Å²) in [4.78, 5) is 28.3. The van der Waals surface area contributed by atoms with Gasteiger partial charge in [-0.2, -0.15) is 17.6 Å². The van der Waals surface area contributed by atoms with E-state index in [4.69, 9.17) is 15.2 Å². The number of nitrogens with zero attached hydrogens (tertiary/aromatic N) is 1. The quantitative estimate of drug-likeness (QED) is 0.298. The van der Waals surface area contributed by atoms with Gasteiger partial charge in [0.15, 0.2) is 17.2 Å². The smallest absolute Gasteiger partial charge is 0.417 e. The number of hydrogen-bond donors (Lipinski definition) is 3. The topological polar surface area (TPSA) is 116 Å². The molecule has 1 aromatic carbocycles. The van der Waals surface area contributed by atoms with Crippen LogP contribution in [0.1, 0.15) is 35.8 Å². The molecule has 0 aliphatic carbocycles. The fourth-order valence-electron chi connectivity index (χ4n) is 4.27. The summed E-state index contributed by atoms with van der Waals surface area (Å²) < 4.78 is 107. The van der Waals surface area contributed by atoms with Crippen LogP contribution < -0.4 is 21.1 Å². The molecule has 1 aliphatic heterocycles. The first-order valence-electron chi connectivity index (χ1n) is 11.6. The second kappa shape index (κ2) is 11.7. The average molecular weight is 566 g/mol. The van der Waals surface area contributed by atoms with Crippen molar-refractivity contribution in [3.8, 4) is 5.75 Å². The summed E-state index contributed by atoms with van der Waals surface area (Å²) in [6, 6.07) is 3.98. The van der Waals surface area contributed by atoms with Crippen LogP contribution in [0, 0.1) is 17.6 Å². The van der Waals surface area contributed by atoms with Gasteiger partial charge in [0, 0.05) is 35.8 Å². The molecule has 1 fully saturated rings. The van der Waals surface area contributed by atoms with Crippen molar-refractivity contribution in [2.24, 2.45) is 11.7 Å². The van der Waals surface area contributed by atoms with E-state index in [2.05, 4.69) is 15.6 Å². The summed E-state index contributed by atoms with van der Waals surface area (Å²) in [5.41, 5.74) is 1.71. The van der Waals surface area contributed by atoms with E-state index in [1.807, 2.05) is 0 Å². The van der Waals surface area contributed by atoms with E-state index >= 15 is 0 Å². The Hall–Kier alpha value is -3.46. The molecule has 2 heterocycles. The molecule has 1 aliphatic rings. The minimum Gasteiger partial charge on any atom is -0.489 e. The maximum absolute atomic E-state index is 14.8. The Morgan fingerprint density at radius 1 is 1.23 bits per heavy atom. The number of aromatic nitrogens is 1. The van der Waals surface area contributed by atoms with Crippen molar-refractivity contribution in [3.05, 3.63) is 53.4 Å². The van der Waals surface area contributed by atoms with Crippen LogP contribution in [-0.2, 0) is 9.53 Å². The van der Waals surface area contributed by atoms with E-state index < -0.39 is 78.5 Å². The van der Waals surface area contributed by atoms with Gasteiger partial charge in [-0.05, 0) is 25.1 Å². The maximum Gasteiger partial charge on any atom is 0.417 e. The molecule has 39 heavy (non-hydrogen) atoms. The zero-order valence-electron chi connectivity index (χ0n) is 20.6. The summed E-state index contributed by atoms with van der Waals surface area (Å²) >= 11 is 0. The normalized spacial score (nSPS) is 23.2. The van der Waals surface area contributed by atoms with Gasteiger partial charge >= 0.3 is 6.18 Å². The molecule has 214 valence electrons. The lowest BCUT2D eigenvalue weighted by molar-refractivity contribution is -0.272. The Morgan fingerprint density at radius 2 is 1.92 bits per heavy atom. The predicted molar refractivity (Wildman–Crippen MR) is 123 cm³/mol. The SMILES string of the molecule is C[C@H]1[C@@H](c2ccc(F)c(F)c2OCCNCC(F)F)[C@H](C(=O)Nc2ccnc(C(N)=O)c2)O[C@@]1(C)C(F)(F)F. The fourth-order valence-corrected chi connectivity index (χ4v) is 4.27. The van der Waals surface area contributed by atoms with Crippen molar-refractivity contribution >= 4 is 17.5 Å². The van der Waals surface area contributed by atoms with Crippen LogP contribution in [0.3, 0.4) is 0 Å². The highest BCUT2D eigenvalue weighted by Gasteiger charge is 2.66. The van der Waals surface area contributed by atoms with Gasteiger partial charge in [-0.25, -0.2) is 13.2 Å². The van der Waals surface area contributed by atoms with Crippen LogP contribution >= 0.6 is 0 Å². The van der Waals surface area contributed by atoms with Crippen molar-refractivity contribution in [1.82, 2.24) is 10.3 Å². The second-order valence-corrected chi connectivity index (χ2v) is 8.96. The van der Waals surface area contributed by atoms with E-state index in [1.54, 1.807) is 0 Å². The molecule has 3 rings (SSSR count). The number of primary amides is 1. The fraction of sp³-hybridized carbons (Fsp3) is 0.458. The van der Waals surface area contributed by atoms with Crippen molar-refractivity contribution in [2.45, 2.75) is 44.1 Å². The average Bonchev–Trinajstić information content (AvgIpc) is 3.13. The van der Waals surface area contributed by atoms with Gasteiger partial charge in [0.1, 0.15) is 18.4 Å². The highest BCUT2D eigenvalue weighted by molar-refractivity contribution is 5.97. The lowest BCUT2D eigenvalue weighted by Crippen LogP contribution is -2.47. The van der Waals surface area contributed by atoms with E-state index in [0.717, 1.165) is 32.2 Å². The Labute approximate surface area is 218 Å². The molecule has 15 heteroatoms. The second-order valence-electron chi connectivity index (χ2n) is 8.96. The van der Waals surface area contributed by atoms with Crippen LogP contribution in [0.4, 0.5) is 36.4 Å². The third-order valence-corrected chi connectivity index (χ3v) is 6.47. The predicted octanol–water partition coefficient (Wildman–Crippen LogP) is 3.77. The number of halogens is 7. The molecule has 0 unspecified atom stereocenters. The Balaban J connectivity index is 2.00. The van der Waals surface area contributed by atoms with Crippen LogP contribution in [0.2, 0.25) is 0 Å². The Bertz CT molecular complexity index is 1210. The van der Waals surface area contributed by atoms with Gasteiger partial charge in [0.25, 0.3) is 18.2 Å². The summed E-state index contributed by atoms with van der Waals surface area (Å²) in [7, 11) is 0. The molecule has 2 aromatic rings. The highest BCUT2D eigenvalue weighted by Crippen LogP contribution is 2.55. The maximum atomic E-state index is 14.8. The summed E-state index contributed by atoms with van der Waals surface area (Å²) in [6.45, 7) is 0.504. The monoisotopic (exact) mass is 566 g/mol. The number of nitrogens with two attached hydrogens (primary N) is 1. The highest BCUT2D eigenvalue weighted by atomic mass is 19.4. The van der Waals surface area contributed by atoms with Crippen molar-refractivity contribution in [2.75, 3.05) is 25.0 Å². The largest absolute Gasteiger partial charge is 0.489 e. The number of rotatable bonds is 10. The van der Waals surface area contributed by atoms with Crippen LogP contribution in [-0.4, -0.2) is 60.8 Å². The third kappa shape index (κ3) is 6.41. The Morgan fingerprint density at radius 3 is 2.54 bits per heavy atom. The number of carbonyl (C=O) groups excluding carboxylic acids is 2. The van der Waals surface area contributed by atoms with Gasteiger partial charge in [-0.15, -0.1) is 0 Å². The van der Waals surface area contributed by atoms with Gasteiger partial charge in [-0.3, -0.25) is 14.6 Å². The number of carbonyl (C=O) groups is 2. The molecular formula is C24H25F7N4O4.